The summed E-state index contributed by atoms with van der Waals surface area (Å²) in [5.41, 5.74) is 6.31. The SMILES string of the molecule is CC(C)NC(N)=NCC1(CN2CCOCC2)CCCCC1.I. The van der Waals surface area contributed by atoms with Crippen LogP contribution < -0.4 is 11.1 Å². The van der Waals surface area contributed by atoms with Gasteiger partial charge < -0.3 is 15.8 Å². The molecular formula is C16H33IN4O. The summed E-state index contributed by atoms with van der Waals surface area (Å²) in [7, 11) is 0. The minimum absolute atomic E-state index is 0. The van der Waals surface area contributed by atoms with E-state index in [0.717, 1.165) is 39.4 Å². The molecule has 0 radical (unpaired) electrons. The third kappa shape index (κ3) is 6.58. The van der Waals surface area contributed by atoms with Gasteiger partial charge >= 0.3 is 0 Å². The predicted octanol–water partition coefficient (Wildman–Crippen LogP) is 2.20. The number of aliphatic imine (C=N–C) groups is 1. The van der Waals surface area contributed by atoms with Crippen LogP contribution in [0.25, 0.3) is 0 Å². The van der Waals surface area contributed by atoms with E-state index in [-0.39, 0.29) is 24.0 Å². The van der Waals surface area contributed by atoms with Gasteiger partial charge in [-0.15, -0.1) is 24.0 Å². The Morgan fingerprint density at radius 1 is 1.23 bits per heavy atom. The van der Waals surface area contributed by atoms with Crippen molar-refractivity contribution < 1.29 is 4.74 Å². The zero-order chi connectivity index (χ0) is 15.1. The molecule has 0 aromatic heterocycles. The lowest BCUT2D eigenvalue weighted by Gasteiger charge is -2.41. The molecule has 2 rings (SSSR count). The van der Waals surface area contributed by atoms with Gasteiger partial charge in [-0.25, -0.2) is 0 Å². The molecule has 2 aliphatic rings. The molecule has 1 aliphatic carbocycles. The van der Waals surface area contributed by atoms with Crippen molar-refractivity contribution in [2.24, 2.45) is 16.1 Å². The van der Waals surface area contributed by atoms with Crippen LogP contribution in [-0.4, -0.2) is 56.3 Å². The fourth-order valence-corrected chi connectivity index (χ4v) is 3.50. The number of morpholine rings is 1. The molecule has 0 bridgehead atoms. The molecule has 1 heterocycles. The number of ether oxygens (including phenoxy) is 1. The molecule has 130 valence electrons. The van der Waals surface area contributed by atoms with Gasteiger partial charge in [0.15, 0.2) is 5.96 Å². The van der Waals surface area contributed by atoms with Crippen molar-refractivity contribution in [3.63, 3.8) is 0 Å². The molecule has 0 spiro atoms. The van der Waals surface area contributed by atoms with Crippen LogP contribution in [0.1, 0.15) is 46.0 Å². The highest BCUT2D eigenvalue weighted by molar-refractivity contribution is 14.0. The van der Waals surface area contributed by atoms with E-state index in [1.807, 2.05) is 0 Å². The number of halogens is 1. The summed E-state index contributed by atoms with van der Waals surface area (Å²) in [6, 6.07) is 0.343. The van der Waals surface area contributed by atoms with E-state index >= 15 is 0 Å². The van der Waals surface area contributed by atoms with E-state index in [1.54, 1.807) is 0 Å². The molecule has 0 aromatic rings. The van der Waals surface area contributed by atoms with Gasteiger partial charge in [-0.05, 0) is 26.7 Å². The summed E-state index contributed by atoms with van der Waals surface area (Å²) in [4.78, 5) is 7.20. The van der Waals surface area contributed by atoms with Gasteiger partial charge in [0, 0.05) is 37.6 Å². The van der Waals surface area contributed by atoms with Crippen molar-refractivity contribution in [3.05, 3.63) is 0 Å². The molecule has 1 aliphatic heterocycles. The Morgan fingerprint density at radius 2 is 1.86 bits per heavy atom. The third-order valence-corrected chi connectivity index (χ3v) is 4.60. The zero-order valence-electron chi connectivity index (χ0n) is 14.1. The molecule has 2 fully saturated rings. The molecule has 5 nitrogen and oxygen atoms in total. The fourth-order valence-electron chi connectivity index (χ4n) is 3.50. The maximum Gasteiger partial charge on any atom is 0.188 e. The Hall–Kier alpha value is -0.0800. The number of hydrogen-bond donors (Lipinski definition) is 2. The molecule has 22 heavy (non-hydrogen) atoms. The quantitative estimate of drug-likeness (QED) is 0.404. The molecule has 0 amide bonds. The van der Waals surface area contributed by atoms with Crippen LogP contribution in [0.4, 0.5) is 0 Å². The van der Waals surface area contributed by atoms with Crippen molar-refractivity contribution in [1.29, 1.82) is 0 Å². The second-order valence-corrected chi connectivity index (χ2v) is 6.95. The van der Waals surface area contributed by atoms with Crippen LogP contribution in [0.5, 0.6) is 0 Å². The van der Waals surface area contributed by atoms with E-state index in [1.165, 1.54) is 32.1 Å². The summed E-state index contributed by atoms with van der Waals surface area (Å²) in [5.74, 6) is 0.594. The Morgan fingerprint density at radius 3 is 2.45 bits per heavy atom. The first-order chi connectivity index (χ1) is 10.1. The Bertz CT molecular complexity index is 337. The topological polar surface area (TPSA) is 62.9 Å². The van der Waals surface area contributed by atoms with Crippen LogP contribution >= 0.6 is 24.0 Å². The summed E-state index contributed by atoms with van der Waals surface area (Å²) >= 11 is 0. The van der Waals surface area contributed by atoms with Gasteiger partial charge in [-0.1, -0.05) is 19.3 Å². The van der Waals surface area contributed by atoms with E-state index < -0.39 is 0 Å². The summed E-state index contributed by atoms with van der Waals surface area (Å²) < 4.78 is 5.46. The maximum absolute atomic E-state index is 5.99. The van der Waals surface area contributed by atoms with Crippen molar-refractivity contribution in [3.8, 4) is 0 Å². The average Bonchev–Trinajstić information content (AvgIpc) is 2.47. The lowest BCUT2D eigenvalue weighted by atomic mass is 9.73. The van der Waals surface area contributed by atoms with Crippen LogP contribution in [0, 0.1) is 5.41 Å². The molecule has 0 atom stereocenters. The van der Waals surface area contributed by atoms with Crippen molar-refractivity contribution in [2.45, 2.75) is 52.0 Å². The first-order valence-corrected chi connectivity index (χ1v) is 8.46. The molecule has 1 saturated heterocycles. The third-order valence-electron chi connectivity index (χ3n) is 4.60. The number of hydrogen-bond acceptors (Lipinski definition) is 3. The van der Waals surface area contributed by atoms with Crippen LogP contribution in [0.3, 0.4) is 0 Å². The lowest BCUT2D eigenvalue weighted by molar-refractivity contribution is 0.00938. The first kappa shape index (κ1) is 20.0. The smallest absolute Gasteiger partial charge is 0.188 e. The average molecular weight is 424 g/mol. The molecule has 1 saturated carbocycles. The minimum Gasteiger partial charge on any atom is -0.379 e. The molecule has 0 aromatic carbocycles. The van der Waals surface area contributed by atoms with E-state index in [9.17, 15) is 0 Å². The number of rotatable bonds is 5. The first-order valence-electron chi connectivity index (χ1n) is 8.46. The molecular weight excluding hydrogens is 391 g/mol. The van der Waals surface area contributed by atoms with Crippen LogP contribution in [-0.2, 0) is 4.74 Å². The van der Waals surface area contributed by atoms with Gasteiger partial charge in [0.1, 0.15) is 0 Å². The van der Waals surface area contributed by atoms with Gasteiger partial charge in [0.05, 0.1) is 13.2 Å². The molecule has 3 N–H and O–H groups in total. The zero-order valence-corrected chi connectivity index (χ0v) is 16.5. The highest BCUT2D eigenvalue weighted by Gasteiger charge is 2.34. The normalized spacial score (nSPS) is 23.1. The lowest BCUT2D eigenvalue weighted by Crippen LogP contribution is -2.46. The second-order valence-electron chi connectivity index (χ2n) is 6.95. The Balaban J connectivity index is 0.00000242. The van der Waals surface area contributed by atoms with Gasteiger partial charge in [-0.3, -0.25) is 9.89 Å². The number of nitrogens with one attached hydrogen (secondary N) is 1. The number of nitrogens with zero attached hydrogens (tertiary/aromatic N) is 2. The summed E-state index contributed by atoms with van der Waals surface area (Å²) in [6.07, 6.45) is 6.59. The second kappa shape index (κ2) is 9.93. The van der Waals surface area contributed by atoms with E-state index in [2.05, 4.69) is 29.1 Å². The molecule has 6 heteroatoms. The predicted molar refractivity (Wildman–Crippen MR) is 103 cm³/mol. The number of nitrogens with two attached hydrogens (primary N) is 1. The summed E-state index contributed by atoms with van der Waals surface area (Å²) in [6.45, 7) is 10.0. The van der Waals surface area contributed by atoms with Crippen molar-refractivity contribution in [2.75, 3.05) is 39.4 Å². The highest BCUT2D eigenvalue weighted by Crippen LogP contribution is 2.37. The standard InChI is InChI=1S/C16H32N4O.HI/c1-14(2)19-15(17)18-12-16(6-4-3-5-7-16)13-20-8-10-21-11-9-20;/h14H,3-13H2,1-2H3,(H3,17,18,19);1H. The van der Waals surface area contributed by atoms with Crippen LogP contribution in [0.2, 0.25) is 0 Å². The van der Waals surface area contributed by atoms with Crippen molar-refractivity contribution in [1.82, 2.24) is 10.2 Å². The Labute approximate surface area is 152 Å². The van der Waals surface area contributed by atoms with Gasteiger partial charge in [0.2, 0.25) is 0 Å². The maximum atomic E-state index is 5.99. The van der Waals surface area contributed by atoms with E-state index in [4.69, 9.17) is 10.5 Å². The number of guanidine groups is 1. The van der Waals surface area contributed by atoms with E-state index in [0.29, 0.717) is 17.4 Å². The fraction of sp³-hybridized carbons (Fsp3) is 0.938. The largest absolute Gasteiger partial charge is 0.379 e. The van der Waals surface area contributed by atoms with Crippen molar-refractivity contribution >= 4 is 29.9 Å². The van der Waals surface area contributed by atoms with Gasteiger partial charge in [-0.2, -0.15) is 0 Å². The molecule has 0 unspecified atom stereocenters. The summed E-state index contributed by atoms with van der Waals surface area (Å²) in [5, 5.41) is 3.20. The highest BCUT2D eigenvalue weighted by atomic mass is 127. The monoisotopic (exact) mass is 424 g/mol. The van der Waals surface area contributed by atoms with Gasteiger partial charge in [0.25, 0.3) is 0 Å². The minimum atomic E-state index is 0. The Kier molecular flexibility index (Phi) is 9.01. The van der Waals surface area contributed by atoms with Crippen LogP contribution in [0.15, 0.2) is 4.99 Å².